The molecule has 2 unspecified atom stereocenters. The molecule has 3 aliphatic carbocycles. The smallest absolute Gasteiger partial charge is 0.337 e. The number of carbonyl (C=O) groups is 1. The lowest BCUT2D eigenvalue weighted by Crippen LogP contribution is -2.41. The molecule has 0 radical (unpaired) electrons. The van der Waals surface area contributed by atoms with Crippen molar-refractivity contribution in [1.82, 2.24) is 0 Å². The quantitative estimate of drug-likeness (QED) is 0.425. The van der Waals surface area contributed by atoms with Crippen molar-refractivity contribution in [3.05, 3.63) is 23.3 Å². The van der Waals surface area contributed by atoms with E-state index in [0.717, 1.165) is 18.4 Å². The average Bonchev–Trinajstić information content (AvgIpc) is 2.74. The summed E-state index contributed by atoms with van der Waals surface area (Å²) in [6, 6.07) is 0. The fraction of sp³-hybridized carbons (Fsp3) is 0.720. The van der Waals surface area contributed by atoms with Gasteiger partial charge >= 0.3 is 5.97 Å². The maximum absolute atomic E-state index is 12.7. The summed E-state index contributed by atoms with van der Waals surface area (Å²) < 4.78 is 5.21. The van der Waals surface area contributed by atoms with Gasteiger partial charge in [0.1, 0.15) is 0 Å². The third-order valence-corrected chi connectivity index (χ3v) is 7.25. The van der Waals surface area contributed by atoms with Gasteiger partial charge in [0, 0.05) is 5.92 Å². The molecule has 27 heavy (non-hydrogen) atoms. The Bertz CT molecular complexity index is 623. The highest BCUT2D eigenvalue weighted by molar-refractivity contribution is 5.93. The van der Waals surface area contributed by atoms with E-state index < -0.39 is 0 Å². The number of carbonyl (C=O) groups excluding carboxylic acids is 1. The van der Waals surface area contributed by atoms with Crippen LogP contribution in [0.5, 0.6) is 0 Å². The number of esters is 1. The molecular formula is C25H36O2. The van der Waals surface area contributed by atoms with Crippen LogP contribution >= 0.6 is 0 Å². The molecule has 2 saturated carbocycles. The second-order valence-corrected chi connectivity index (χ2v) is 8.84. The van der Waals surface area contributed by atoms with Crippen molar-refractivity contribution in [2.24, 2.45) is 23.2 Å². The Morgan fingerprint density at radius 2 is 1.78 bits per heavy atom. The van der Waals surface area contributed by atoms with Crippen LogP contribution < -0.4 is 0 Å². The first-order chi connectivity index (χ1) is 13.2. The van der Waals surface area contributed by atoms with E-state index >= 15 is 0 Å². The van der Waals surface area contributed by atoms with Crippen molar-refractivity contribution < 1.29 is 9.53 Å². The van der Waals surface area contributed by atoms with Crippen LogP contribution in [-0.4, -0.2) is 13.1 Å². The number of hydrogen-bond donors (Lipinski definition) is 0. The standard InChI is InChI=1S/C25H36O2/c1-4-17-25(5-2)18-16-21(24(26)27-3)22(19-12-8-6-9-13-19)23(25)20-14-10-7-11-15-20/h2,16,18-20,23H,4,6-15,17H2,1,3H3. The van der Waals surface area contributed by atoms with E-state index in [1.807, 2.05) is 6.08 Å². The highest BCUT2D eigenvalue weighted by Gasteiger charge is 2.47. The molecule has 0 N–H and O–H groups in total. The zero-order valence-electron chi connectivity index (χ0n) is 17.3. The summed E-state index contributed by atoms with van der Waals surface area (Å²) in [6.07, 6.45) is 25.2. The molecule has 2 atom stereocenters. The Hall–Kier alpha value is -1.49. The molecule has 0 aromatic carbocycles. The molecule has 0 aromatic heterocycles. The van der Waals surface area contributed by atoms with E-state index in [1.165, 1.54) is 76.9 Å². The van der Waals surface area contributed by atoms with Crippen LogP contribution in [-0.2, 0) is 9.53 Å². The molecule has 0 bridgehead atoms. The Balaban J connectivity index is 2.12. The minimum absolute atomic E-state index is 0.172. The SMILES string of the molecule is C#CC1(CCC)C=CC(C(=O)OC)=C(C2CCCCC2)C1C1CCCCC1. The molecule has 2 heteroatoms. The largest absolute Gasteiger partial charge is 0.465 e. The monoisotopic (exact) mass is 368 g/mol. The van der Waals surface area contributed by atoms with Gasteiger partial charge in [0.05, 0.1) is 18.1 Å². The Morgan fingerprint density at radius 3 is 2.33 bits per heavy atom. The number of ether oxygens (including phenoxy) is 1. The van der Waals surface area contributed by atoms with Crippen LogP contribution in [0.25, 0.3) is 0 Å². The lowest BCUT2D eigenvalue weighted by atomic mass is 9.56. The van der Waals surface area contributed by atoms with Crippen molar-refractivity contribution in [2.45, 2.75) is 84.0 Å². The van der Waals surface area contributed by atoms with Crippen molar-refractivity contribution in [2.75, 3.05) is 7.11 Å². The topological polar surface area (TPSA) is 26.3 Å². The lowest BCUT2D eigenvalue weighted by Gasteiger charge is -2.47. The summed E-state index contributed by atoms with van der Waals surface area (Å²) in [4.78, 5) is 12.7. The van der Waals surface area contributed by atoms with Crippen molar-refractivity contribution in [3.8, 4) is 12.3 Å². The predicted molar refractivity (Wildman–Crippen MR) is 111 cm³/mol. The molecule has 3 aliphatic rings. The Kier molecular flexibility index (Phi) is 6.85. The summed E-state index contributed by atoms with van der Waals surface area (Å²) in [5, 5.41) is 0. The van der Waals surface area contributed by atoms with Gasteiger partial charge in [0.2, 0.25) is 0 Å². The molecule has 3 rings (SSSR count). The fourth-order valence-corrected chi connectivity index (χ4v) is 6.06. The van der Waals surface area contributed by atoms with E-state index in [1.54, 1.807) is 0 Å². The summed E-state index contributed by atoms with van der Waals surface area (Å²) in [5.74, 6) is 4.47. The van der Waals surface area contributed by atoms with Gasteiger partial charge in [-0.2, -0.15) is 0 Å². The first-order valence-corrected chi connectivity index (χ1v) is 11.2. The van der Waals surface area contributed by atoms with Crippen LogP contribution in [0.2, 0.25) is 0 Å². The molecule has 0 amide bonds. The van der Waals surface area contributed by atoms with Gasteiger partial charge < -0.3 is 4.74 Å². The zero-order chi connectivity index (χ0) is 19.3. The zero-order valence-corrected chi connectivity index (χ0v) is 17.3. The third-order valence-electron chi connectivity index (χ3n) is 7.25. The molecule has 0 aliphatic heterocycles. The predicted octanol–water partition coefficient (Wildman–Crippen LogP) is 6.22. The van der Waals surface area contributed by atoms with Gasteiger partial charge in [-0.25, -0.2) is 4.79 Å². The van der Waals surface area contributed by atoms with E-state index in [-0.39, 0.29) is 11.4 Å². The van der Waals surface area contributed by atoms with Crippen LogP contribution in [0, 0.1) is 35.5 Å². The van der Waals surface area contributed by atoms with Crippen LogP contribution in [0.15, 0.2) is 23.3 Å². The minimum atomic E-state index is -0.235. The number of rotatable bonds is 5. The molecule has 148 valence electrons. The van der Waals surface area contributed by atoms with E-state index in [2.05, 4.69) is 18.9 Å². The second kappa shape index (κ2) is 9.13. The maximum Gasteiger partial charge on any atom is 0.337 e. The molecule has 2 nitrogen and oxygen atoms in total. The summed E-state index contributed by atoms with van der Waals surface area (Å²) in [5.41, 5.74) is 1.95. The third kappa shape index (κ3) is 4.03. The number of hydrogen-bond acceptors (Lipinski definition) is 2. The number of methoxy groups -OCH3 is 1. The van der Waals surface area contributed by atoms with Gasteiger partial charge in [0.15, 0.2) is 0 Å². The maximum atomic E-state index is 12.7. The van der Waals surface area contributed by atoms with Gasteiger partial charge in [-0.1, -0.05) is 69.9 Å². The molecule has 0 heterocycles. The fourth-order valence-electron chi connectivity index (χ4n) is 6.06. The highest BCUT2D eigenvalue weighted by Crippen LogP contribution is 2.54. The summed E-state index contributed by atoms with van der Waals surface area (Å²) >= 11 is 0. The molecule has 2 fully saturated rings. The van der Waals surface area contributed by atoms with Crippen molar-refractivity contribution >= 4 is 5.97 Å². The Morgan fingerprint density at radius 1 is 1.15 bits per heavy atom. The normalized spacial score (nSPS) is 30.2. The van der Waals surface area contributed by atoms with Crippen LogP contribution in [0.3, 0.4) is 0 Å². The highest BCUT2D eigenvalue weighted by atomic mass is 16.5. The minimum Gasteiger partial charge on any atom is -0.465 e. The van der Waals surface area contributed by atoms with E-state index in [4.69, 9.17) is 11.2 Å². The van der Waals surface area contributed by atoms with Gasteiger partial charge in [-0.3, -0.25) is 0 Å². The van der Waals surface area contributed by atoms with Crippen molar-refractivity contribution in [3.63, 3.8) is 0 Å². The van der Waals surface area contributed by atoms with Crippen molar-refractivity contribution in [1.29, 1.82) is 0 Å². The molecule has 0 spiro atoms. The molecule has 0 saturated heterocycles. The average molecular weight is 369 g/mol. The number of allylic oxidation sites excluding steroid dienone is 2. The second-order valence-electron chi connectivity index (χ2n) is 8.84. The Labute approximate surface area is 165 Å². The molecule has 0 aromatic rings. The van der Waals surface area contributed by atoms with Crippen LogP contribution in [0.1, 0.15) is 84.0 Å². The van der Waals surface area contributed by atoms with Gasteiger partial charge in [-0.15, -0.1) is 6.42 Å². The summed E-state index contributed by atoms with van der Waals surface area (Å²) in [6.45, 7) is 2.23. The van der Waals surface area contributed by atoms with Crippen LogP contribution in [0.4, 0.5) is 0 Å². The van der Waals surface area contributed by atoms with Gasteiger partial charge in [-0.05, 0) is 49.5 Å². The lowest BCUT2D eigenvalue weighted by molar-refractivity contribution is -0.136. The molecular weight excluding hydrogens is 332 g/mol. The summed E-state index contributed by atoms with van der Waals surface area (Å²) in [7, 11) is 1.51. The first kappa shape index (κ1) is 20.2. The van der Waals surface area contributed by atoms with E-state index in [0.29, 0.717) is 17.8 Å². The van der Waals surface area contributed by atoms with Gasteiger partial charge in [0.25, 0.3) is 0 Å². The first-order valence-electron chi connectivity index (χ1n) is 11.2. The van der Waals surface area contributed by atoms with E-state index in [9.17, 15) is 4.79 Å². The number of terminal acetylenes is 1.